The molecule has 0 radical (unpaired) electrons. The van der Waals surface area contributed by atoms with Crippen molar-refractivity contribution in [1.29, 1.82) is 5.26 Å². The minimum absolute atomic E-state index is 0.114. The number of hydrogen-bond donors (Lipinski definition) is 0. The van der Waals surface area contributed by atoms with Gasteiger partial charge in [0.15, 0.2) is 0 Å². The van der Waals surface area contributed by atoms with Gasteiger partial charge in [0.2, 0.25) is 0 Å². The summed E-state index contributed by atoms with van der Waals surface area (Å²) in [5.74, 6) is 0.114. The number of alkyl halides is 3. The summed E-state index contributed by atoms with van der Waals surface area (Å²) in [6.07, 6.45) is -0.340. The van der Waals surface area contributed by atoms with Gasteiger partial charge in [-0.3, -0.25) is 0 Å². The Bertz CT molecular complexity index is 862. The van der Waals surface area contributed by atoms with Crippen molar-refractivity contribution in [3.05, 3.63) is 42.5 Å². The van der Waals surface area contributed by atoms with Crippen molar-refractivity contribution in [2.75, 3.05) is 0 Å². The third kappa shape index (κ3) is 2.61. The summed E-state index contributed by atoms with van der Waals surface area (Å²) in [5, 5.41) is 8.92. The number of hydrogen-bond acceptors (Lipinski definition) is 4. The fourth-order valence-corrected chi connectivity index (χ4v) is 2.17. The second kappa shape index (κ2) is 5.11. The van der Waals surface area contributed by atoms with E-state index in [1.54, 1.807) is 0 Å². The molecule has 0 N–H and O–H groups in total. The number of fused-ring (bicyclic) bond motifs is 1. The van der Waals surface area contributed by atoms with Gasteiger partial charge < -0.3 is 4.57 Å². The average molecular weight is 303 g/mol. The Balaban J connectivity index is 2.27. The van der Waals surface area contributed by atoms with E-state index in [2.05, 4.69) is 15.0 Å². The number of rotatable bonds is 2. The van der Waals surface area contributed by atoms with Crippen LogP contribution >= 0.6 is 0 Å². The first-order valence-corrected chi connectivity index (χ1v) is 6.20. The molecule has 8 heteroatoms. The van der Waals surface area contributed by atoms with E-state index in [-0.39, 0.29) is 16.9 Å². The van der Waals surface area contributed by atoms with Gasteiger partial charge in [0.25, 0.3) is 0 Å². The summed E-state index contributed by atoms with van der Waals surface area (Å²) < 4.78 is 39.7. The van der Waals surface area contributed by atoms with Gasteiger partial charge in [-0.05, 0) is 18.2 Å². The summed E-state index contributed by atoms with van der Waals surface area (Å²) in [6, 6.07) is 6.34. The molecule has 2 heterocycles. The van der Waals surface area contributed by atoms with Crippen molar-refractivity contribution >= 4 is 11.0 Å². The van der Waals surface area contributed by atoms with E-state index in [0.717, 1.165) is 4.57 Å². The maximum atomic E-state index is 12.9. The summed E-state index contributed by atoms with van der Waals surface area (Å²) >= 11 is 0. The summed E-state index contributed by atoms with van der Waals surface area (Å²) in [6.45, 7) is -1.21. The zero-order valence-electron chi connectivity index (χ0n) is 11.0. The predicted molar refractivity (Wildman–Crippen MR) is 71.5 cm³/mol. The van der Waals surface area contributed by atoms with Gasteiger partial charge in [0.05, 0.1) is 28.2 Å². The first-order valence-electron chi connectivity index (χ1n) is 6.20. The minimum atomic E-state index is -4.42. The van der Waals surface area contributed by atoms with Crippen LogP contribution in [0.2, 0.25) is 0 Å². The van der Waals surface area contributed by atoms with Crippen LogP contribution in [0, 0.1) is 11.3 Å². The summed E-state index contributed by atoms with van der Waals surface area (Å²) in [5.41, 5.74) is 1.27. The highest BCUT2D eigenvalue weighted by atomic mass is 19.4. The van der Waals surface area contributed by atoms with Crippen LogP contribution in [0.15, 0.2) is 36.9 Å². The van der Waals surface area contributed by atoms with E-state index in [0.29, 0.717) is 11.1 Å². The maximum absolute atomic E-state index is 12.9. The Hall–Kier alpha value is -2.95. The summed E-state index contributed by atoms with van der Waals surface area (Å²) in [4.78, 5) is 11.8. The molecule has 0 unspecified atom stereocenters. The first kappa shape index (κ1) is 14.0. The number of nitrogens with zero attached hydrogens (tertiary/aromatic N) is 5. The van der Waals surface area contributed by atoms with E-state index < -0.39 is 12.7 Å². The van der Waals surface area contributed by atoms with Crippen molar-refractivity contribution in [3.63, 3.8) is 0 Å². The van der Waals surface area contributed by atoms with Gasteiger partial charge >= 0.3 is 6.18 Å². The average Bonchev–Trinajstić information content (AvgIpc) is 2.84. The molecule has 0 saturated carbocycles. The van der Waals surface area contributed by atoms with Crippen LogP contribution in [-0.2, 0) is 6.54 Å². The van der Waals surface area contributed by atoms with Crippen molar-refractivity contribution in [2.24, 2.45) is 0 Å². The lowest BCUT2D eigenvalue weighted by Gasteiger charge is -2.11. The number of benzene rings is 1. The fraction of sp³-hybridized carbons (Fsp3) is 0.143. The van der Waals surface area contributed by atoms with Gasteiger partial charge in [0.1, 0.15) is 18.7 Å². The number of imidazole rings is 1. The Morgan fingerprint density at radius 2 is 1.91 bits per heavy atom. The maximum Gasteiger partial charge on any atom is 0.406 e. The molecule has 3 rings (SSSR count). The van der Waals surface area contributed by atoms with Crippen LogP contribution in [0.5, 0.6) is 0 Å². The molecule has 5 nitrogen and oxygen atoms in total. The van der Waals surface area contributed by atoms with Crippen LogP contribution in [-0.4, -0.2) is 25.7 Å². The number of nitriles is 1. The van der Waals surface area contributed by atoms with Crippen molar-refractivity contribution in [2.45, 2.75) is 12.7 Å². The molecular formula is C14H8F3N5. The van der Waals surface area contributed by atoms with Crippen LogP contribution in [0.4, 0.5) is 13.2 Å². The highest BCUT2D eigenvalue weighted by Gasteiger charge is 2.30. The lowest BCUT2D eigenvalue weighted by Crippen LogP contribution is -2.18. The zero-order valence-corrected chi connectivity index (χ0v) is 11.0. The van der Waals surface area contributed by atoms with Crippen molar-refractivity contribution in [1.82, 2.24) is 19.5 Å². The molecule has 0 amide bonds. The molecule has 0 saturated heterocycles. The Kier molecular flexibility index (Phi) is 3.25. The molecule has 0 aliphatic carbocycles. The van der Waals surface area contributed by atoms with Gasteiger partial charge in [-0.1, -0.05) is 0 Å². The fourth-order valence-electron chi connectivity index (χ4n) is 2.17. The zero-order chi connectivity index (χ0) is 15.7. The molecule has 2 aromatic heterocycles. The molecule has 22 heavy (non-hydrogen) atoms. The van der Waals surface area contributed by atoms with E-state index >= 15 is 0 Å². The third-order valence-electron chi connectivity index (χ3n) is 3.03. The second-order valence-corrected chi connectivity index (χ2v) is 4.58. The largest absolute Gasteiger partial charge is 0.406 e. The highest BCUT2D eigenvalue weighted by Crippen LogP contribution is 2.28. The van der Waals surface area contributed by atoms with E-state index in [1.807, 2.05) is 6.07 Å². The lowest BCUT2D eigenvalue weighted by molar-refractivity contribution is -0.139. The first-order chi connectivity index (χ1) is 10.5. The molecule has 0 fully saturated rings. The Morgan fingerprint density at radius 3 is 2.55 bits per heavy atom. The van der Waals surface area contributed by atoms with E-state index in [1.165, 1.54) is 36.9 Å². The third-order valence-corrected chi connectivity index (χ3v) is 3.03. The molecule has 1 aromatic carbocycles. The molecule has 0 aliphatic rings. The normalized spacial score (nSPS) is 11.5. The standard InChI is InChI=1S/C14H8F3N5/c15-14(16,17)7-22-12-3-9(4-18)1-2-11(12)21-13(22)10-5-19-8-20-6-10/h1-3,5-6,8H,7H2. The summed E-state index contributed by atoms with van der Waals surface area (Å²) in [7, 11) is 0. The molecule has 110 valence electrons. The van der Waals surface area contributed by atoms with E-state index in [9.17, 15) is 13.2 Å². The SMILES string of the molecule is N#Cc1ccc2nc(-c3cncnc3)n(CC(F)(F)F)c2c1. The minimum Gasteiger partial charge on any atom is -0.315 e. The Labute approximate surface area is 122 Å². The molecule has 3 aromatic rings. The quantitative estimate of drug-likeness (QED) is 0.730. The topological polar surface area (TPSA) is 67.4 Å². The lowest BCUT2D eigenvalue weighted by atomic mass is 10.2. The highest BCUT2D eigenvalue weighted by molar-refractivity contribution is 5.81. The van der Waals surface area contributed by atoms with E-state index in [4.69, 9.17) is 5.26 Å². The van der Waals surface area contributed by atoms with Gasteiger partial charge in [-0.15, -0.1) is 0 Å². The number of aromatic nitrogens is 4. The molecule has 0 bridgehead atoms. The van der Waals surface area contributed by atoms with Gasteiger partial charge in [-0.2, -0.15) is 18.4 Å². The smallest absolute Gasteiger partial charge is 0.315 e. The second-order valence-electron chi connectivity index (χ2n) is 4.58. The van der Waals surface area contributed by atoms with Crippen LogP contribution in [0.1, 0.15) is 5.56 Å². The number of halogens is 3. The van der Waals surface area contributed by atoms with Crippen molar-refractivity contribution < 1.29 is 13.2 Å². The van der Waals surface area contributed by atoms with Gasteiger partial charge in [0, 0.05) is 12.4 Å². The Morgan fingerprint density at radius 1 is 1.18 bits per heavy atom. The van der Waals surface area contributed by atoms with Crippen LogP contribution in [0.25, 0.3) is 22.4 Å². The molecule has 0 spiro atoms. The molecule has 0 atom stereocenters. The predicted octanol–water partition coefficient (Wildman–Crippen LogP) is 2.93. The monoisotopic (exact) mass is 303 g/mol. The molecule has 0 aliphatic heterocycles. The van der Waals surface area contributed by atoms with Crippen molar-refractivity contribution in [3.8, 4) is 17.5 Å². The van der Waals surface area contributed by atoms with Gasteiger partial charge in [-0.25, -0.2) is 15.0 Å². The van der Waals surface area contributed by atoms with Crippen LogP contribution < -0.4 is 0 Å². The van der Waals surface area contributed by atoms with Crippen LogP contribution in [0.3, 0.4) is 0 Å². The molecular weight excluding hydrogens is 295 g/mol.